The van der Waals surface area contributed by atoms with Gasteiger partial charge in [-0.05, 0) is 5.56 Å². The molecule has 7 nitrogen and oxygen atoms in total. The Kier molecular flexibility index (Phi) is 4.97. The van der Waals surface area contributed by atoms with Gasteiger partial charge >= 0.3 is 0 Å². The molecule has 0 N–H and O–H groups in total. The van der Waals surface area contributed by atoms with Crippen LogP contribution in [-0.4, -0.2) is 27.0 Å². The SMILES string of the molecule is CN(Cc1ccccc1)c1cnn(Cc2nc(-c3ccccc3)no2)c(=O)c1. The van der Waals surface area contributed by atoms with E-state index in [1.54, 1.807) is 12.3 Å². The maximum absolute atomic E-state index is 12.5. The quantitative estimate of drug-likeness (QED) is 0.517. The lowest BCUT2D eigenvalue weighted by Crippen LogP contribution is -2.26. The van der Waals surface area contributed by atoms with E-state index in [1.807, 2.05) is 72.6 Å². The molecule has 0 fully saturated rings. The van der Waals surface area contributed by atoms with E-state index in [-0.39, 0.29) is 12.1 Å². The summed E-state index contributed by atoms with van der Waals surface area (Å²) in [5.74, 6) is 0.821. The lowest BCUT2D eigenvalue weighted by molar-refractivity contribution is 0.363. The van der Waals surface area contributed by atoms with Crippen molar-refractivity contribution in [2.24, 2.45) is 0 Å². The third-order valence-electron chi connectivity index (χ3n) is 4.34. The molecule has 140 valence electrons. The Morgan fingerprint density at radius 2 is 1.75 bits per heavy atom. The standard InChI is InChI=1S/C21H19N5O2/c1-25(14-16-8-4-2-5-9-16)18-12-20(27)26(22-13-18)15-19-23-21(24-28-19)17-10-6-3-7-11-17/h2-13H,14-15H2,1H3. The van der Waals surface area contributed by atoms with Crippen LogP contribution < -0.4 is 10.5 Å². The number of nitrogens with zero attached hydrogens (tertiary/aromatic N) is 5. The number of rotatable bonds is 6. The van der Waals surface area contributed by atoms with Crippen molar-refractivity contribution in [2.45, 2.75) is 13.1 Å². The van der Waals surface area contributed by atoms with E-state index in [4.69, 9.17) is 4.52 Å². The second kappa shape index (κ2) is 7.87. The first-order chi connectivity index (χ1) is 13.7. The number of hydrogen-bond acceptors (Lipinski definition) is 6. The van der Waals surface area contributed by atoms with Gasteiger partial charge in [-0.2, -0.15) is 10.1 Å². The molecular weight excluding hydrogens is 354 g/mol. The average molecular weight is 373 g/mol. The van der Waals surface area contributed by atoms with Crippen LogP contribution in [0.25, 0.3) is 11.4 Å². The minimum Gasteiger partial charge on any atom is -0.369 e. The van der Waals surface area contributed by atoms with Crippen LogP contribution in [0.2, 0.25) is 0 Å². The highest BCUT2D eigenvalue weighted by Gasteiger charge is 2.11. The number of aromatic nitrogens is 4. The Morgan fingerprint density at radius 3 is 2.46 bits per heavy atom. The summed E-state index contributed by atoms with van der Waals surface area (Å²) in [6, 6.07) is 21.1. The molecular formula is C21H19N5O2. The van der Waals surface area contributed by atoms with Gasteiger partial charge in [0.1, 0.15) is 6.54 Å². The summed E-state index contributed by atoms with van der Waals surface area (Å²) in [6.07, 6.45) is 1.67. The van der Waals surface area contributed by atoms with Crippen molar-refractivity contribution < 1.29 is 4.52 Å². The molecule has 0 aliphatic carbocycles. The smallest absolute Gasteiger partial charge is 0.269 e. The molecule has 0 amide bonds. The number of hydrogen-bond donors (Lipinski definition) is 0. The van der Waals surface area contributed by atoms with E-state index >= 15 is 0 Å². The minimum atomic E-state index is -0.225. The van der Waals surface area contributed by atoms with Crippen LogP contribution in [0.3, 0.4) is 0 Å². The lowest BCUT2D eigenvalue weighted by Gasteiger charge is -2.19. The summed E-state index contributed by atoms with van der Waals surface area (Å²) in [5.41, 5.74) is 2.54. The summed E-state index contributed by atoms with van der Waals surface area (Å²) < 4.78 is 6.57. The third-order valence-corrected chi connectivity index (χ3v) is 4.34. The number of benzene rings is 2. The molecule has 4 rings (SSSR count). The van der Waals surface area contributed by atoms with E-state index in [0.717, 1.165) is 16.8 Å². The van der Waals surface area contributed by atoms with Crippen molar-refractivity contribution >= 4 is 5.69 Å². The van der Waals surface area contributed by atoms with E-state index in [9.17, 15) is 4.79 Å². The summed E-state index contributed by atoms with van der Waals surface area (Å²) in [5, 5.41) is 8.22. The Bertz CT molecular complexity index is 1110. The van der Waals surface area contributed by atoms with Gasteiger partial charge in [-0.25, -0.2) is 4.68 Å². The van der Waals surface area contributed by atoms with Crippen molar-refractivity contribution in [1.29, 1.82) is 0 Å². The molecule has 0 saturated heterocycles. The van der Waals surface area contributed by atoms with Crippen molar-refractivity contribution in [2.75, 3.05) is 11.9 Å². The zero-order valence-corrected chi connectivity index (χ0v) is 15.4. The Morgan fingerprint density at radius 1 is 1.04 bits per heavy atom. The van der Waals surface area contributed by atoms with Crippen LogP contribution in [0.1, 0.15) is 11.5 Å². The minimum absolute atomic E-state index is 0.126. The van der Waals surface area contributed by atoms with Crippen LogP contribution in [0.4, 0.5) is 5.69 Å². The van der Waals surface area contributed by atoms with Crippen LogP contribution in [0, 0.1) is 0 Å². The fraction of sp³-hybridized carbons (Fsp3) is 0.143. The highest BCUT2D eigenvalue weighted by molar-refractivity contribution is 5.53. The molecule has 2 heterocycles. The van der Waals surface area contributed by atoms with E-state index in [2.05, 4.69) is 15.2 Å². The number of anilines is 1. The fourth-order valence-corrected chi connectivity index (χ4v) is 2.85. The third kappa shape index (κ3) is 3.98. The first-order valence-corrected chi connectivity index (χ1v) is 8.89. The summed E-state index contributed by atoms with van der Waals surface area (Å²) >= 11 is 0. The Labute approximate surface area is 161 Å². The van der Waals surface area contributed by atoms with Gasteiger partial charge in [-0.3, -0.25) is 4.79 Å². The summed E-state index contributed by atoms with van der Waals surface area (Å²) in [7, 11) is 1.93. The molecule has 0 aliphatic rings. The zero-order chi connectivity index (χ0) is 19.3. The van der Waals surface area contributed by atoms with Gasteiger partial charge in [0.25, 0.3) is 5.56 Å². The van der Waals surface area contributed by atoms with Crippen molar-refractivity contribution in [3.63, 3.8) is 0 Å². The van der Waals surface area contributed by atoms with Gasteiger partial charge in [0.2, 0.25) is 11.7 Å². The van der Waals surface area contributed by atoms with Crippen molar-refractivity contribution in [3.05, 3.63) is 94.7 Å². The topological polar surface area (TPSA) is 77.1 Å². The van der Waals surface area contributed by atoms with Crippen LogP contribution in [0.5, 0.6) is 0 Å². The Balaban J connectivity index is 1.48. The van der Waals surface area contributed by atoms with Crippen LogP contribution in [0.15, 0.2) is 82.2 Å². The summed E-state index contributed by atoms with van der Waals surface area (Å²) in [4.78, 5) is 18.8. The van der Waals surface area contributed by atoms with E-state index < -0.39 is 0 Å². The summed E-state index contributed by atoms with van der Waals surface area (Å²) in [6.45, 7) is 0.817. The van der Waals surface area contributed by atoms with Gasteiger partial charge in [0, 0.05) is 25.2 Å². The van der Waals surface area contributed by atoms with E-state index in [0.29, 0.717) is 18.3 Å². The van der Waals surface area contributed by atoms with E-state index in [1.165, 1.54) is 4.68 Å². The maximum atomic E-state index is 12.5. The molecule has 0 saturated carbocycles. The Hall–Kier alpha value is -3.74. The van der Waals surface area contributed by atoms with Crippen molar-refractivity contribution in [1.82, 2.24) is 19.9 Å². The molecule has 2 aromatic heterocycles. The average Bonchev–Trinajstić information content (AvgIpc) is 3.19. The van der Waals surface area contributed by atoms with Crippen molar-refractivity contribution in [3.8, 4) is 11.4 Å². The van der Waals surface area contributed by atoms with Gasteiger partial charge in [-0.1, -0.05) is 65.8 Å². The molecule has 0 unspecified atom stereocenters. The predicted molar refractivity (Wildman–Crippen MR) is 106 cm³/mol. The molecule has 0 atom stereocenters. The molecule has 0 radical (unpaired) electrons. The highest BCUT2D eigenvalue weighted by Crippen LogP contribution is 2.15. The first-order valence-electron chi connectivity index (χ1n) is 8.89. The maximum Gasteiger partial charge on any atom is 0.269 e. The highest BCUT2D eigenvalue weighted by atomic mass is 16.5. The molecule has 0 aliphatic heterocycles. The molecule has 7 heteroatoms. The molecule has 2 aromatic carbocycles. The molecule has 4 aromatic rings. The van der Waals surface area contributed by atoms with Crippen LogP contribution in [-0.2, 0) is 13.1 Å². The lowest BCUT2D eigenvalue weighted by atomic mass is 10.2. The largest absolute Gasteiger partial charge is 0.369 e. The molecule has 0 spiro atoms. The normalized spacial score (nSPS) is 10.8. The van der Waals surface area contributed by atoms with Gasteiger partial charge in [-0.15, -0.1) is 0 Å². The predicted octanol–water partition coefficient (Wildman–Crippen LogP) is 2.98. The van der Waals surface area contributed by atoms with Gasteiger partial charge in [0.05, 0.1) is 11.9 Å². The van der Waals surface area contributed by atoms with Gasteiger partial charge < -0.3 is 9.42 Å². The first kappa shape index (κ1) is 17.7. The molecule has 28 heavy (non-hydrogen) atoms. The van der Waals surface area contributed by atoms with Crippen LogP contribution >= 0.6 is 0 Å². The fourth-order valence-electron chi connectivity index (χ4n) is 2.85. The second-order valence-corrected chi connectivity index (χ2v) is 6.43. The van der Waals surface area contributed by atoms with Gasteiger partial charge in [0.15, 0.2) is 0 Å². The molecule has 0 bridgehead atoms. The second-order valence-electron chi connectivity index (χ2n) is 6.43. The zero-order valence-electron chi connectivity index (χ0n) is 15.4. The monoisotopic (exact) mass is 373 g/mol.